The Balaban J connectivity index is 1.77. The molecule has 2 saturated heterocycles. The van der Waals surface area contributed by atoms with E-state index in [4.69, 9.17) is 9.15 Å². The van der Waals surface area contributed by atoms with Gasteiger partial charge in [-0.05, 0) is 24.8 Å². The largest absolute Gasteiger partial charge is 0.441 e. The number of imide groups is 1. The van der Waals surface area contributed by atoms with E-state index in [0.717, 1.165) is 30.7 Å². The first-order valence-electron chi connectivity index (χ1n) is 7.42. The first-order valence-corrected chi connectivity index (χ1v) is 8.24. The molecule has 0 bridgehead atoms. The molecule has 6 nitrogen and oxygen atoms in total. The lowest BCUT2D eigenvalue weighted by Crippen LogP contribution is -2.35. The standard InChI is InChI=1S/C16H18N2O4S/c1-3-11(2)18-15(19)13(23-16(18)20)10-12-4-5-14(22-12)17-6-8-21-9-7-17/h3-5,10-11H,1,6-9H2,2H3/b13-10+/t11-/m0/s1. The van der Waals surface area contributed by atoms with Crippen LogP contribution in [0.5, 0.6) is 0 Å². The third-order valence-corrected chi connectivity index (χ3v) is 4.66. The topological polar surface area (TPSA) is 63.0 Å². The molecule has 23 heavy (non-hydrogen) atoms. The van der Waals surface area contributed by atoms with Crippen molar-refractivity contribution in [1.29, 1.82) is 0 Å². The summed E-state index contributed by atoms with van der Waals surface area (Å²) in [6.45, 7) is 8.29. The van der Waals surface area contributed by atoms with Crippen LogP contribution in [0.1, 0.15) is 12.7 Å². The van der Waals surface area contributed by atoms with E-state index in [9.17, 15) is 9.59 Å². The second kappa shape index (κ2) is 6.64. The molecule has 0 aromatic carbocycles. The molecule has 2 fully saturated rings. The Bertz CT molecular complexity index is 661. The molecule has 0 spiro atoms. The van der Waals surface area contributed by atoms with E-state index in [1.807, 2.05) is 6.07 Å². The second-order valence-electron chi connectivity index (χ2n) is 5.30. The maximum Gasteiger partial charge on any atom is 0.294 e. The van der Waals surface area contributed by atoms with Crippen LogP contribution in [-0.4, -0.2) is 48.4 Å². The quantitative estimate of drug-likeness (QED) is 0.623. The number of anilines is 1. The van der Waals surface area contributed by atoms with Crippen molar-refractivity contribution in [2.24, 2.45) is 0 Å². The molecule has 0 aliphatic carbocycles. The van der Waals surface area contributed by atoms with E-state index in [0.29, 0.717) is 23.9 Å². The lowest BCUT2D eigenvalue weighted by molar-refractivity contribution is -0.123. The average Bonchev–Trinajstić information content (AvgIpc) is 3.13. The highest BCUT2D eigenvalue weighted by atomic mass is 32.2. The highest BCUT2D eigenvalue weighted by molar-refractivity contribution is 8.18. The van der Waals surface area contributed by atoms with Crippen LogP contribution in [0.4, 0.5) is 10.7 Å². The maximum atomic E-state index is 12.3. The number of hydrogen-bond acceptors (Lipinski definition) is 6. The number of hydrogen-bond donors (Lipinski definition) is 0. The van der Waals surface area contributed by atoms with Crippen LogP contribution in [0.2, 0.25) is 0 Å². The molecule has 0 radical (unpaired) electrons. The summed E-state index contributed by atoms with van der Waals surface area (Å²) < 4.78 is 11.1. The molecule has 2 aliphatic heterocycles. The summed E-state index contributed by atoms with van der Waals surface area (Å²) >= 11 is 0.922. The minimum Gasteiger partial charge on any atom is -0.441 e. The Morgan fingerprint density at radius 2 is 2.04 bits per heavy atom. The Hall–Kier alpha value is -1.99. The van der Waals surface area contributed by atoms with Crippen LogP contribution >= 0.6 is 11.8 Å². The highest BCUT2D eigenvalue weighted by Gasteiger charge is 2.37. The Labute approximate surface area is 138 Å². The van der Waals surface area contributed by atoms with Gasteiger partial charge in [0.05, 0.1) is 24.2 Å². The molecule has 0 unspecified atom stereocenters. The average molecular weight is 334 g/mol. The molecule has 2 aliphatic rings. The van der Waals surface area contributed by atoms with Crippen LogP contribution in [0.25, 0.3) is 6.08 Å². The van der Waals surface area contributed by atoms with Crippen LogP contribution < -0.4 is 4.90 Å². The zero-order valence-electron chi connectivity index (χ0n) is 12.9. The van der Waals surface area contributed by atoms with Crippen molar-refractivity contribution >= 4 is 34.9 Å². The number of morpholine rings is 1. The molecule has 2 amide bonds. The molecular weight excluding hydrogens is 316 g/mol. The van der Waals surface area contributed by atoms with Gasteiger partial charge in [-0.1, -0.05) is 6.08 Å². The summed E-state index contributed by atoms with van der Waals surface area (Å²) in [7, 11) is 0. The van der Waals surface area contributed by atoms with Crippen molar-refractivity contribution in [2.75, 3.05) is 31.2 Å². The SMILES string of the molecule is C=C[C@H](C)N1C(=O)S/C(=C/c2ccc(N3CCOCC3)o2)C1=O. The summed E-state index contributed by atoms with van der Waals surface area (Å²) in [5, 5.41) is -0.284. The fraction of sp³-hybridized carbons (Fsp3) is 0.375. The van der Waals surface area contributed by atoms with Crippen molar-refractivity contribution in [2.45, 2.75) is 13.0 Å². The minimum atomic E-state index is -0.325. The molecule has 3 rings (SSSR count). The molecule has 0 saturated carbocycles. The number of ether oxygens (including phenoxy) is 1. The van der Waals surface area contributed by atoms with Gasteiger partial charge in [0.15, 0.2) is 5.88 Å². The predicted octanol–water partition coefficient (Wildman–Crippen LogP) is 2.73. The van der Waals surface area contributed by atoms with Gasteiger partial charge >= 0.3 is 0 Å². The number of amides is 2. The summed E-state index contributed by atoms with van der Waals surface area (Å²) in [4.78, 5) is 28.0. The van der Waals surface area contributed by atoms with Gasteiger partial charge in [0.2, 0.25) is 0 Å². The maximum absolute atomic E-state index is 12.3. The van der Waals surface area contributed by atoms with Crippen LogP contribution in [0.3, 0.4) is 0 Å². The smallest absolute Gasteiger partial charge is 0.294 e. The van der Waals surface area contributed by atoms with Gasteiger partial charge < -0.3 is 14.1 Å². The molecule has 1 atom stereocenters. The minimum absolute atomic E-state index is 0.284. The van der Waals surface area contributed by atoms with E-state index in [-0.39, 0.29) is 17.2 Å². The normalized spacial score (nSPS) is 22.0. The lowest BCUT2D eigenvalue weighted by atomic mass is 10.3. The summed E-state index contributed by atoms with van der Waals surface area (Å²) in [5.74, 6) is 0.998. The van der Waals surface area contributed by atoms with E-state index in [1.165, 1.54) is 4.90 Å². The number of furan rings is 1. The number of carbonyl (C=O) groups is 2. The summed E-state index contributed by atoms with van der Waals surface area (Å²) in [6.07, 6.45) is 3.19. The molecule has 1 aromatic heterocycles. The highest BCUT2D eigenvalue weighted by Crippen LogP contribution is 2.34. The van der Waals surface area contributed by atoms with Crippen molar-refractivity contribution in [3.63, 3.8) is 0 Å². The number of thioether (sulfide) groups is 1. The zero-order chi connectivity index (χ0) is 16.4. The van der Waals surface area contributed by atoms with Crippen LogP contribution in [0, 0.1) is 0 Å². The molecule has 0 N–H and O–H groups in total. The van der Waals surface area contributed by atoms with Gasteiger partial charge in [-0.25, -0.2) is 0 Å². The third-order valence-electron chi connectivity index (χ3n) is 3.78. The van der Waals surface area contributed by atoms with E-state index in [2.05, 4.69) is 11.5 Å². The van der Waals surface area contributed by atoms with Gasteiger partial charge in [0.1, 0.15) is 5.76 Å². The Kier molecular flexibility index (Phi) is 4.58. The fourth-order valence-corrected chi connectivity index (χ4v) is 3.34. The Morgan fingerprint density at radius 1 is 1.30 bits per heavy atom. The van der Waals surface area contributed by atoms with E-state index < -0.39 is 0 Å². The lowest BCUT2D eigenvalue weighted by Gasteiger charge is -2.26. The van der Waals surface area contributed by atoms with Crippen molar-refractivity contribution < 1.29 is 18.7 Å². The first-order chi connectivity index (χ1) is 11.1. The molecular formula is C16H18N2O4S. The van der Waals surface area contributed by atoms with Crippen molar-refractivity contribution in [3.05, 3.63) is 35.5 Å². The molecule has 7 heteroatoms. The fourth-order valence-electron chi connectivity index (χ4n) is 2.44. The van der Waals surface area contributed by atoms with Gasteiger partial charge in [-0.3, -0.25) is 14.5 Å². The third kappa shape index (κ3) is 3.20. The van der Waals surface area contributed by atoms with Crippen molar-refractivity contribution in [3.8, 4) is 0 Å². The Morgan fingerprint density at radius 3 is 2.74 bits per heavy atom. The van der Waals surface area contributed by atoms with Crippen LogP contribution in [-0.2, 0) is 9.53 Å². The van der Waals surface area contributed by atoms with E-state index in [1.54, 1.807) is 25.1 Å². The zero-order valence-corrected chi connectivity index (χ0v) is 13.7. The molecule has 122 valence electrons. The summed E-state index contributed by atoms with van der Waals surface area (Å²) in [6, 6.07) is 3.35. The van der Waals surface area contributed by atoms with E-state index >= 15 is 0 Å². The van der Waals surface area contributed by atoms with Crippen molar-refractivity contribution in [1.82, 2.24) is 4.90 Å². The van der Waals surface area contributed by atoms with Crippen LogP contribution in [0.15, 0.2) is 34.1 Å². The summed E-state index contributed by atoms with van der Waals surface area (Å²) in [5.41, 5.74) is 0. The van der Waals surface area contributed by atoms with Gasteiger partial charge in [0, 0.05) is 25.2 Å². The first kappa shape index (κ1) is 15.9. The number of carbonyl (C=O) groups excluding carboxylic acids is 2. The monoisotopic (exact) mass is 334 g/mol. The van der Waals surface area contributed by atoms with Gasteiger partial charge in [-0.15, -0.1) is 6.58 Å². The second-order valence-corrected chi connectivity index (χ2v) is 6.30. The molecule has 3 heterocycles. The number of rotatable bonds is 4. The molecule has 1 aromatic rings. The van der Waals surface area contributed by atoms with Gasteiger partial charge in [-0.2, -0.15) is 0 Å². The number of nitrogens with zero attached hydrogens (tertiary/aromatic N) is 2. The predicted molar refractivity (Wildman–Crippen MR) is 89.2 cm³/mol. The van der Waals surface area contributed by atoms with Gasteiger partial charge in [0.25, 0.3) is 11.1 Å².